The molecule has 1 aliphatic heterocycles. The maximum atomic E-state index is 12.6. The van der Waals surface area contributed by atoms with Crippen LogP contribution < -0.4 is 5.32 Å². The second-order valence-corrected chi connectivity index (χ2v) is 6.89. The summed E-state index contributed by atoms with van der Waals surface area (Å²) < 4.78 is 1.70. The average molecular weight is 327 g/mol. The van der Waals surface area contributed by atoms with Crippen LogP contribution in [0, 0.1) is 5.92 Å². The van der Waals surface area contributed by atoms with E-state index in [1.54, 1.807) is 23.3 Å². The minimum Gasteiger partial charge on any atom is -0.366 e. The summed E-state index contributed by atoms with van der Waals surface area (Å²) in [5.74, 6) is 0.583. The highest BCUT2D eigenvalue weighted by Gasteiger charge is 2.44. The topological polar surface area (TPSA) is 83.0 Å². The van der Waals surface area contributed by atoms with Crippen LogP contribution in [0.2, 0.25) is 0 Å². The molecule has 0 bridgehead atoms. The third kappa shape index (κ3) is 2.60. The van der Waals surface area contributed by atoms with Gasteiger partial charge in [-0.15, -0.1) is 0 Å². The van der Waals surface area contributed by atoms with Gasteiger partial charge in [-0.1, -0.05) is 6.92 Å². The maximum absolute atomic E-state index is 12.6. The zero-order chi connectivity index (χ0) is 16.8. The van der Waals surface area contributed by atoms with E-state index < -0.39 is 0 Å². The Hall–Kier alpha value is -2.57. The van der Waals surface area contributed by atoms with Crippen LogP contribution in [-0.4, -0.2) is 50.1 Å². The van der Waals surface area contributed by atoms with Crippen molar-refractivity contribution in [1.29, 1.82) is 0 Å². The first kappa shape index (κ1) is 15.0. The number of hydrogen-bond acceptors (Lipinski definition) is 3. The molecule has 2 aromatic heterocycles. The van der Waals surface area contributed by atoms with Crippen molar-refractivity contribution in [2.24, 2.45) is 13.0 Å². The third-order valence-corrected chi connectivity index (χ3v) is 4.97. The van der Waals surface area contributed by atoms with Crippen molar-refractivity contribution in [3.05, 3.63) is 30.4 Å². The van der Waals surface area contributed by atoms with Crippen molar-refractivity contribution < 1.29 is 9.59 Å². The lowest BCUT2D eigenvalue weighted by atomic mass is 10.1. The van der Waals surface area contributed by atoms with Crippen LogP contribution in [0.3, 0.4) is 0 Å². The zero-order valence-electron chi connectivity index (χ0n) is 13.8. The molecule has 0 spiro atoms. The molecule has 1 saturated heterocycles. The lowest BCUT2D eigenvalue weighted by Gasteiger charge is -2.17. The monoisotopic (exact) mass is 327 g/mol. The Balaban J connectivity index is 1.46. The van der Waals surface area contributed by atoms with E-state index in [0.29, 0.717) is 30.5 Å². The van der Waals surface area contributed by atoms with Crippen molar-refractivity contribution in [1.82, 2.24) is 25.0 Å². The SMILES string of the molecule is CC1CC1N1CC(NC(=O)c2c[nH]cc2-c2cnn(C)c2)CC1=O. The fourth-order valence-electron chi connectivity index (χ4n) is 3.50. The molecule has 0 radical (unpaired) electrons. The molecule has 7 heteroatoms. The Morgan fingerprint density at radius 1 is 1.42 bits per heavy atom. The summed E-state index contributed by atoms with van der Waals surface area (Å²) >= 11 is 0. The van der Waals surface area contributed by atoms with Crippen LogP contribution in [0.1, 0.15) is 30.1 Å². The van der Waals surface area contributed by atoms with E-state index >= 15 is 0 Å². The van der Waals surface area contributed by atoms with Crippen molar-refractivity contribution in [3.63, 3.8) is 0 Å². The molecule has 2 aromatic rings. The van der Waals surface area contributed by atoms with Gasteiger partial charge in [-0.25, -0.2) is 0 Å². The lowest BCUT2D eigenvalue weighted by molar-refractivity contribution is -0.128. The molecule has 4 rings (SSSR count). The zero-order valence-corrected chi connectivity index (χ0v) is 13.8. The number of nitrogens with zero attached hydrogens (tertiary/aromatic N) is 3. The molecule has 3 atom stereocenters. The van der Waals surface area contributed by atoms with E-state index in [1.165, 1.54) is 0 Å². The third-order valence-electron chi connectivity index (χ3n) is 4.97. The van der Waals surface area contributed by atoms with Crippen LogP contribution in [-0.2, 0) is 11.8 Å². The van der Waals surface area contributed by atoms with E-state index in [0.717, 1.165) is 17.5 Å². The molecule has 1 aliphatic carbocycles. The summed E-state index contributed by atoms with van der Waals surface area (Å²) in [6.45, 7) is 2.77. The molecule has 2 fully saturated rings. The molecule has 2 N–H and O–H groups in total. The van der Waals surface area contributed by atoms with E-state index in [1.807, 2.05) is 18.1 Å². The second kappa shape index (κ2) is 5.51. The molecule has 126 valence electrons. The van der Waals surface area contributed by atoms with Gasteiger partial charge in [-0.05, 0) is 12.3 Å². The van der Waals surface area contributed by atoms with Gasteiger partial charge >= 0.3 is 0 Å². The lowest BCUT2D eigenvalue weighted by Crippen LogP contribution is -2.37. The number of aromatic nitrogens is 3. The molecule has 2 amide bonds. The molecule has 3 heterocycles. The van der Waals surface area contributed by atoms with Crippen LogP contribution in [0.4, 0.5) is 0 Å². The molecule has 2 aliphatic rings. The van der Waals surface area contributed by atoms with Gasteiger partial charge in [0.1, 0.15) is 0 Å². The Bertz CT molecular complexity index is 793. The predicted octanol–water partition coefficient (Wildman–Crippen LogP) is 1.15. The van der Waals surface area contributed by atoms with Crippen molar-refractivity contribution >= 4 is 11.8 Å². The Morgan fingerprint density at radius 2 is 2.21 bits per heavy atom. The summed E-state index contributed by atoms with van der Waals surface area (Å²) in [5, 5.41) is 7.16. The summed E-state index contributed by atoms with van der Waals surface area (Å²) in [5.41, 5.74) is 2.28. The number of aromatic amines is 1. The van der Waals surface area contributed by atoms with E-state index in [4.69, 9.17) is 0 Å². The highest BCUT2D eigenvalue weighted by atomic mass is 16.2. The molecule has 24 heavy (non-hydrogen) atoms. The molecule has 1 saturated carbocycles. The first-order chi connectivity index (χ1) is 11.5. The molecule has 0 aromatic carbocycles. The quantitative estimate of drug-likeness (QED) is 0.884. The fraction of sp³-hybridized carbons (Fsp3) is 0.471. The van der Waals surface area contributed by atoms with Gasteiger partial charge < -0.3 is 15.2 Å². The largest absolute Gasteiger partial charge is 0.366 e. The first-order valence-electron chi connectivity index (χ1n) is 8.29. The highest BCUT2D eigenvalue weighted by molar-refractivity contribution is 6.01. The highest BCUT2D eigenvalue weighted by Crippen LogP contribution is 2.37. The van der Waals surface area contributed by atoms with Crippen molar-refractivity contribution in [2.75, 3.05) is 6.54 Å². The van der Waals surface area contributed by atoms with Gasteiger partial charge in [-0.2, -0.15) is 5.10 Å². The van der Waals surface area contributed by atoms with Crippen LogP contribution in [0.5, 0.6) is 0 Å². The first-order valence-corrected chi connectivity index (χ1v) is 8.29. The fourth-order valence-corrected chi connectivity index (χ4v) is 3.50. The second-order valence-electron chi connectivity index (χ2n) is 6.89. The number of rotatable bonds is 4. The van der Waals surface area contributed by atoms with Crippen molar-refractivity contribution in [3.8, 4) is 11.1 Å². The number of likely N-dealkylation sites (tertiary alicyclic amines) is 1. The van der Waals surface area contributed by atoms with Crippen LogP contribution in [0.25, 0.3) is 11.1 Å². The summed E-state index contributed by atoms with van der Waals surface area (Å²) in [7, 11) is 1.84. The smallest absolute Gasteiger partial charge is 0.253 e. The Kier molecular flexibility index (Phi) is 3.44. The number of amides is 2. The van der Waals surface area contributed by atoms with Gasteiger partial charge in [0, 0.05) is 55.8 Å². The Labute approximate surface area is 140 Å². The molecular formula is C17H21N5O2. The number of hydrogen-bond donors (Lipinski definition) is 2. The number of H-pyrrole nitrogens is 1. The predicted molar refractivity (Wildman–Crippen MR) is 88.1 cm³/mol. The standard InChI is InChI=1S/C17H21N5O2/c1-10-3-15(10)22-9-12(4-16(22)23)20-17(24)14-7-18-6-13(14)11-5-19-21(2)8-11/h5-8,10,12,15,18H,3-4,9H2,1-2H3,(H,20,24). The maximum Gasteiger partial charge on any atom is 0.253 e. The number of nitrogens with one attached hydrogen (secondary N) is 2. The normalized spacial score (nSPS) is 26.0. The number of carbonyl (C=O) groups excluding carboxylic acids is 2. The van der Waals surface area contributed by atoms with Gasteiger partial charge in [0.15, 0.2) is 0 Å². The Morgan fingerprint density at radius 3 is 2.88 bits per heavy atom. The van der Waals surface area contributed by atoms with Gasteiger partial charge in [0.05, 0.1) is 17.8 Å². The average Bonchev–Trinajstić information content (AvgIpc) is 2.94. The number of aryl methyl sites for hydroxylation is 1. The summed E-state index contributed by atoms with van der Waals surface area (Å²) in [6, 6.07) is 0.257. The summed E-state index contributed by atoms with van der Waals surface area (Å²) in [6.07, 6.45) is 8.56. The molecule has 3 unspecified atom stereocenters. The molecule has 7 nitrogen and oxygen atoms in total. The van der Waals surface area contributed by atoms with Gasteiger partial charge in [0.25, 0.3) is 5.91 Å². The minimum absolute atomic E-state index is 0.116. The van der Waals surface area contributed by atoms with E-state index in [9.17, 15) is 9.59 Å². The van der Waals surface area contributed by atoms with Crippen LogP contribution in [0.15, 0.2) is 24.8 Å². The van der Waals surface area contributed by atoms with Gasteiger partial charge in [0.2, 0.25) is 5.91 Å². The van der Waals surface area contributed by atoms with E-state index in [2.05, 4.69) is 22.3 Å². The minimum atomic E-state index is -0.154. The van der Waals surface area contributed by atoms with Crippen LogP contribution >= 0.6 is 0 Å². The number of carbonyl (C=O) groups is 2. The van der Waals surface area contributed by atoms with Crippen molar-refractivity contribution in [2.45, 2.75) is 31.8 Å². The van der Waals surface area contributed by atoms with E-state index in [-0.39, 0.29) is 17.9 Å². The van der Waals surface area contributed by atoms with Gasteiger partial charge in [-0.3, -0.25) is 14.3 Å². The summed E-state index contributed by atoms with van der Waals surface area (Å²) in [4.78, 5) is 29.7. The molecular weight excluding hydrogens is 306 g/mol.